The second kappa shape index (κ2) is 4.39. The van der Waals surface area contributed by atoms with E-state index in [-0.39, 0.29) is 2.85 Å². The van der Waals surface area contributed by atoms with Crippen LogP contribution < -0.4 is 11.1 Å². The monoisotopic (exact) mass is 222 g/mol. The van der Waals surface area contributed by atoms with Crippen molar-refractivity contribution in [2.75, 3.05) is 0 Å². The summed E-state index contributed by atoms with van der Waals surface area (Å²) >= 11 is 0. The Morgan fingerprint density at radius 3 is 2.62 bits per heavy atom. The second-order valence-electron chi connectivity index (χ2n) is 4.48. The van der Waals surface area contributed by atoms with Crippen LogP contribution >= 0.6 is 0 Å². The van der Waals surface area contributed by atoms with E-state index >= 15 is 0 Å². The number of nitrogens with two attached hydrogens (primary N) is 1. The van der Waals surface area contributed by atoms with E-state index in [2.05, 4.69) is 11.9 Å². The number of urea groups is 1. The first-order valence-electron chi connectivity index (χ1n) is 5.17. The highest BCUT2D eigenvalue weighted by molar-refractivity contribution is 5.73. The number of hydrogen-bond acceptors (Lipinski definition) is 1. The molecule has 0 saturated carbocycles. The molecule has 0 aliphatic heterocycles. The van der Waals surface area contributed by atoms with Crippen LogP contribution in [0.3, 0.4) is 0 Å². The summed E-state index contributed by atoms with van der Waals surface area (Å²) in [7, 11) is 0. The first kappa shape index (κ1) is 12.3. The van der Waals surface area contributed by atoms with Crippen LogP contribution in [0.25, 0.3) is 5.57 Å². The van der Waals surface area contributed by atoms with E-state index in [4.69, 9.17) is 5.73 Å². The predicted molar refractivity (Wildman–Crippen MR) is 71.1 cm³/mol. The summed E-state index contributed by atoms with van der Waals surface area (Å²) in [6.45, 7) is 9.67. The summed E-state index contributed by atoms with van der Waals surface area (Å²) in [4.78, 5) is 10.9. The number of carbonyl (C=O) groups excluding carboxylic acids is 1. The van der Waals surface area contributed by atoms with Crippen LogP contribution in [0, 0.1) is 0 Å². The third-order valence-electron chi connectivity index (χ3n) is 2.51. The van der Waals surface area contributed by atoms with Gasteiger partial charge in [0.15, 0.2) is 0 Å². The van der Waals surface area contributed by atoms with Gasteiger partial charge in [-0.05, 0) is 38.0 Å². The third-order valence-corrected chi connectivity index (χ3v) is 2.51. The SMILES string of the molecule is C=C(C)c1cccc(C(C)(C)NC(N)=O)c1.[HH].[HH]. The van der Waals surface area contributed by atoms with Gasteiger partial charge in [0.2, 0.25) is 0 Å². The Hall–Kier alpha value is -1.77. The highest BCUT2D eigenvalue weighted by Crippen LogP contribution is 2.23. The number of amides is 2. The van der Waals surface area contributed by atoms with Gasteiger partial charge in [0.05, 0.1) is 5.54 Å². The molecule has 1 aromatic carbocycles. The molecule has 1 rings (SSSR count). The maximum atomic E-state index is 10.9. The van der Waals surface area contributed by atoms with Crippen LogP contribution in [0.15, 0.2) is 30.8 Å². The standard InChI is InChI=1S/C13H18N2O.2H2/c1-9(2)10-6-5-7-11(8-10)13(3,4)15-12(14)16;;/h5-8H,1H2,2-4H3,(H3,14,15,16);2*1H. The molecule has 1 aromatic rings. The summed E-state index contributed by atoms with van der Waals surface area (Å²) in [5.41, 5.74) is 7.74. The molecule has 0 spiro atoms. The van der Waals surface area contributed by atoms with Crippen LogP contribution in [0.4, 0.5) is 4.79 Å². The minimum atomic E-state index is -0.522. The summed E-state index contributed by atoms with van der Waals surface area (Å²) < 4.78 is 0. The molecule has 0 aliphatic carbocycles. The van der Waals surface area contributed by atoms with Gasteiger partial charge in [-0.15, -0.1) is 0 Å². The van der Waals surface area contributed by atoms with Crippen molar-refractivity contribution in [1.82, 2.24) is 5.32 Å². The Kier molecular flexibility index (Phi) is 3.38. The lowest BCUT2D eigenvalue weighted by Gasteiger charge is -2.26. The molecule has 0 atom stereocenters. The molecule has 3 N–H and O–H groups in total. The van der Waals surface area contributed by atoms with Crippen molar-refractivity contribution in [1.29, 1.82) is 0 Å². The second-order valence-corrected chi connectivity index (χ2v) is 4.48. The lowest BCUT2D eigenvalue weighted by Crippen LogP contribution is -2.43. The normalized spacial score (nSPS) is 10.9. The molecule has 0 saturated heterocycles. The van der Waals surface area contributed by atoms with Gasteiger partial charge in [0, 0.05) is 2.85 Å². The highest BCUT2D eigenvalue weighted by atomic mass is 16.2. The van der Waals surface area contributed by atoms with Crippen LogP contribution in [-0.4, -0.2) is 6.03 Å². The van der Waals surface area contributed by atoms with Crippen molar-refractivity contribution in [3.05, 3.63) is 42.0 Å². The van der Waals surface area contributed by atoms with Gasteiger partial charge in [-0.2, -0.15) is 0 Å². The van der Waals surface area contributed by atoms with Gasteiger partial charge < -0.3 is 11.1 Å². The maximum Gasteiger partial charge on any atom is 0.312 e. The lowest BCUT2D eigenvalue weighted by atomic mass is 9.92. The average molecular weight is 222 g/mol. The van der Waals surface area contributed by atoms with Gasteiger partial charge in [-0.3, -0.25) is 0 Å². The Balaban J connectivity index is 0. The highest BCUT2D eigenvalue weighted by Gasteiger charge is 2.21. The first-order valence-corrected chi connectivity index (χ1v) is 5.17. The van der Waals surface area contributed by atoms with Gasteiger partial charge in [0.1, 0.15) is 0 Å². The van der Waals surface area contributed by atoms with Gasteiger partial charge >= 0.3 is 6.03 Å². The number of rotatable bonds is 3. The zero-order valence-corrected chi connectivity index (χ0v) is 10.0. The van der Waals surface area contributed by atoms with E-state index in [0.29, 0.717) is 0 Å². The molecule has 0 unspecified atom stereocenters. The molecule has 0 aliphatic rings. The molecule has 0 bridgehead atoms. The number of allylic oxidation sites excluding steroid dienone is 1. The fourth-order valence-corrected chi connectivity index (χ4v) is 1.55. The minimum Gasteiger partial charge on any atom is -0.352 e. The zero-order valence-electron chi connectivity index (χ0n) is 10.0. The number of benzene rings is 1. The molecule has 90 valence electrons. The quantitative estimate of drug-likeness (QED) is 0.811. The number of primary amides is 1. The van der Waals surface area contributed by atoms with Crippen molar-refractivity contribution in [2.45, 2.75) is 26.3 Å². The molecule has 3 heteroatoms. The molecule has 0 aromatic heterocycles. The fraction of sp³-hybridized carbons (Fsp3) is 0.308. The molecule has 16 heavy (non-hydrogen) atoms. The van der Waals surface area contributed by atoms with Crippen molar-refractivity contribution >= 4 is 11.6 Å². The summed E-state index contributed by atoms with van der Waals surface area (Å²) in [5.74, 6) is 0. The van der Waals surface area contributed by atoms with E-state index in [0.717, 1.165) is 16.7 Å². The largest absolute Gasteiger partial charge is 0.352 e. The van der Waals surface area contributed by atoms with E-state index in [1.807, 2.05) is 45.0 Å². The predicted octanol–water partition coefficient (Wildman–Crippen LogP) is 3.12. The van der Waals surface area contributed by atoms with Crippen LogP contribution in [-0.2, 0) is 5.54 Å². The summed E-state index contributed by atoms with van der Waals surface area (Å²) in [5, 5.41) is 2.71. The molecule has 3 nitrogen and oxygen atoms in total. The third kappa shape index (κ3) is 2.86. The number of nitrogens with one attached hydrogen (secondary N) is 1. The topological polar surface area (TPSA) is 55.1 Å². The van der Waals surface area contributed by atoms with Crippen molar-refractivity contribution in [3.8, 4) is 0 Å². The molecular weight excluding hydrogens is 200 g/mol. The minimum absolute atomic E-state index is 0. The Bertz CT molecular complexity index is 431. The van der Waals surface area contributed by atoms with Crippen LogP contribution in [0.5, 0.6) is 0 Å². The first-order chi connectivity index (χ1) is 7.33. The Labute approximate surface area is 99.3 Å². The van der Waals surface area contributed by atoms with Crippen LogP contribution in [0.1, 0.15) is 34.8 Å². The van der Waals surface area contributed by atoms with Crippen LogP contribution in [0.2, 0.25) is 0 Å². The Morgan fingerprint density at radius 2 is 2.12 bits per heavy atom. The summed E-state index contributed by atoms with van der Waals surface area (Å²) in [6, 6.07) is 7.39. The average Bonchev–Trinajstić information content (AvgIpc) is 2.16. The van der Waals surface area contributed by atoms with Gasteiger partial charge in [-0.1, -0.05) is 30.4 Å². The van der Waals surface area contributed by atoms with Crippen molar-refractivity contribution in [2.24, 2.45) is 5.73 Å². The molecule has 0 heterocycles. The number of carbonyl (C=O) groups is 1. The van der Waals surface area contributed by atoms with Crippen molar-refractivity contribution in [3.63, 3.8) is 0 Å². The van der Waals surface area contributed by atoms with Crippen molar-refractivity contribution < 1.29 is 7.65 Å². The zero-order chi connectivity index (χ0) is 12.3. The fourth-order valence-electron chi connectivity index (χ4n) is 1.55. The smallest absolute Gasteiger partial charge is 0.312 e. The van der Waals surface area contributed by atoms with E-state index in [1.165, 1.54) is 0 Å². The summed E-state index contributed by atoms with van der Waals surface area (Å²) in [6.07, 6.45) is 0. The molecule has 0 fully saturated rings. The Morgan fingerprint density at radius 1 is 1.50 bits per heavy atom. The molecule has 0 radical (unpaired) electrons. The lowest BCUT2D eigenvalue weighted by molar-refractivity contribution is 0.238. The number of hydrogen-bond donors (Lipinski definition) is 2. The molecular formula is C13H22N2O. The van der Waals surface area contributed by atoms with Gasteiger partial charge in [0.25, 0.3) is 0 Å². The molecule has 2 amide bonds. The van der Waals surface area contributed by atoms with E-state index in [1.54, 1.807) is 0 Å². The maximum absolute atomic E-state index is 10.9. The van der Waals surface area contributed by atoms with E-state index < -0.39 is 11.6 Å². The van der Waals surface area contributed by atoms with E-state index in [9.17, 15) is 4.79 Å². The van der Waals surface area contributed by atoms with Gasteiger partial charge in [-0.25, -0.2) is 4.79 Å².